The number of hydrogen-bond acceptors (Lipinski definition) is 4. The molecule has 1 saturated heterocycles. The molecule has 7 heteroatoms. The van der Waals surface area contributed by atoms with Crippen LogP contribution in [-0.4, -0.2) is 50.5 Å². The highest BCUT2D eigenvalue weighted by Crippen LogP contribution is 2.23. The normalized spacial score (nSPS) is 16.6. The molecule has 2 rings (SSSR count). The third-order valence-corrected chi connectivity index (χ3v) is 7.05. The number of nitrogens with one attached hydrogen (secondary N) is 1. The van der Waals surface area contributed by atoms with E-state index in [1.807, 2.05) is 20.8 Å². The SMILES string of the molecule is CCC(C)(CC)NC(=O)c1ccc(C)c(S(=O)(=O)N2CCOCC2)c1. The number of rotatable bonds is 6. The molecule has 1 aromatic carbocycles. The van der Waals surface area contributed by atoms with Gasteiger partial charge >= 0.3 is 0 Å². The number of morpholine rings is 1. The van der Waals surface area contributed by atoms with Gasteiger partial charge in [0.2, 0.25) is 10.0 Å². The fourth-order valence-electron chi connectivity index (χ4n) is 2.72. The van der Waals surface area contributed by atoms with Crippen LogP contribution >= 0.6 is 0 Å². The lowest BCUT2D eigenvalue weighted by Gasteiger charge is -2.29. The third-order valence-electron chi connectivity index (χ3n) is 5.01. The Hall–Kier alpha value is -1.44. The molecule has 0 saturated carbocycles. The van der Waals surface area contributed by atoms with E-state index in [2.05, 4.69) is 5.32 Å². The van der Waals surface area contributed by atoms with Crippen molar-refractivity contribution in [3.05, 3.63) is 29.3 Å². The molecular formula is C18H28N2O4S. The topological polar surface area (TPSA) is 75.7 Å². The number of amides is 1. The van der Waals surface area contributed by atoms with E-state index in [0.717, 1.165) is 12.8 Å². The van der Waals surface area contributed by atoms with Gasteiger partial charge in [-0.25, -0.2) is 8.42 Å². The second-order valence-corrected chi connectivity index (χ2v) is 8.62. The lowest BCUT2D eigenvalue weighted by atomic mass is 9.95. The summed E-state index contributed by atoms with van der Waals surface area (Å²) in [7, 11) is -3.63. The van der Waals surface area contributed by atoms with Crippen molar-refractivity contribution in [3.8, 4) is 0 Å². The minimum absolute atomic E-state index is 0.191. The van der Waals surface area contributed by atoms with E-state index >= 15 is 0 Å². The van der Waals surface area contributed by atoms with Crippen LogP contribution < -0.4 is 5.32 Å². The first-order chi connectivity index (χ1) is 11.7. The molecule has 0 bridgehead atoms. The molecule has 6 nitrogen and oxygen atoms in total. The van der Waals surface area contributed by atoms with Crippen molar-refractivity contribution in [1.29, 1.82) is 0 Å². The smallest absolute Gasteiger partial charge is 0.251 e. The highest BCUT2D eigenvalue weighted by molar-refractivity contribution is 7.89. The molecule has 1 N–H and O–H groups in total. The van der Waals surface area contributed by atoms with E-state index in [0.29, 0.717) is 37.4 Å². The molecule has 0 radical (unpaired) electrons. The van der Waals surface area contributed by atoms with E-state index in [1.54, 1.807) is 19.1 Å². The van der Waals surface area contributed by atoms with E-state index < -0.39 is 10.0 Å². The van der Waals surface area contributed by atoms with Crippen molar-refractivity contribution >= 4 is 15.9 Å². The number of aryl methyl sites for hydroxylation is 1. The van der Waals surface area contributed by atoms with E-state index in [1.165, 1.54) is 10.4 Å². The van der Waals surface area contributed by atoms with E-state index in [-0.39, 0.29) is 16.3 Å². The number of benzene rings is 1. The first-order valence-electron chi connectivity index (χ1n) is 8.74. The quantitative estimate of drug-likeness (QED) is 0.836. The molecule has 140 valence electrons. The Kier molecular flexibility index (Phi) is 6.24. The van der Waals surface area contributed by atoms with Crippen LogP contribution in [-0.2, 0) is 14.8 Å². The van der Waals surface area contributed by atoms with Crippen molar-refractivity contribution < 1.29 is 17.9 Å². The summed E-state index contributed by atoms with van der Waals surface area (Å²) in [6, 6.07) is 4.85. The van der Waals surface area contributed by atoms with Crippen molar-refractivity contribution in [1.82, 2.24) is 9.62 Å². The second-order valence-electron chi connectivity index (χ2n) is 6.72. The van der Waals surface area contributed by atoms with Gasteiger partial charge < -0.3 is 10.1 Å². The molecule has 1 aliphatic rings. The van der Waals surface area contributed by atoms with Crippen molar-refractivity contribution in [3.63, 3.8) is 0 Å². The van der Waals surface area contributed by atoms with Gasteiger partial charge in [-0.1, -0.05) is 19.9 Å². The van der Waals surface area contributed by atoms with Crippen LogP contribution in [0.4, 0.5) is 0 Å². The van der Waals surface area contributed by atoms with Gasteiger partial charge in [-0.05, 0) is 44.4 Å². The number of sulfonamides is 1. The van der Waals surface area contributed by atoms with E-state index in [9.17, 15) is 13.2 Å². The van der Waals surface area contributed by atoms with Crippen LogP contribution in [0.25, 0.3) is 0 Å². The summed E-state index contributed by atoms with van der Waals surface area (Å²) in [5, 5.41) is 3.02. The summed E-state index contributed by atoms with van der Waals surface area (Å²) in [6.45, 7) is 9.24. The van der Waals surface area contributed by atoms with Crippen LogP contribution in [0.15, 0.2) is 23.1 Å². The zero-order valence-electron chi connectivity index (χ0n) is 15.5. The number of ether oxygens (including phenoxy) is 1. The van der Waals surface area contributed by atoms with Crippen LogP contribution in [0.1, 0.15) is 49.5 Å². The largest absolute Gasteiger partial charge is 0.379 e. The Morgan fingerprint density at radius 2 is 1.84 bits per heavy atom. The number of carbonyl (C=O) groups excluding carboxylic acids is 1. The van der Waals surface area contributed by atoms with Crippen molar-refractivity contribution in [2.24, 2.45) is 0 Å². The van der Waals surface area contributed by atoms with Crippen LogP contribution in [0, 0.1) is 6.92 Å². The fourth-order valence-corrected chi connectivity index (χ4v) is 4.38. The average molecular weight is 368 g/mol. The summed E-state index contributed by atoms with van der Waals surface area (Å²) in [4.78, 5) is 12.8. The lowest BCUT2D eigenvalue weighted by molar-refractivity contribution is 0.0730. The second kappa shape index (κ2) is 7.85. The number of carbonyl (C=O) groups is 1. The summed E-state index contributed by atoms with van der Waals surface area (Å²) >= 11 is 0. The predicted molar refractivity (Wildman–Crippen MR) is 97.2 cm³/mol. The Balaban J connectivity index is 2.32. The minimum atomic E-state index is -3.63. The maximum Gasteiger partial charge on any atom is 0.251 e. The number of nitrogens with zero attached hydrogens (tertiary/aromatic N) is 1. The van der Waals surface area contributed by atoms with Gasteiger partial charge in [0.1, 0.15) is 0 Å². The Labute approximate surface area is 150 Å². The van der Waals surface area contributed by atoms with Crippen molar-refractivity contribution in [2.45, 2.75) is 51.0 Å². The summed E-state index contributed by atoms with van der Waals surface area (Å²) in [6.07, 6.45) is 1.61. The summed E-state index contributed by atoms with van der Waals surface area (Å²) in [5.41, 5.74) is 0.702. The molecule has 25 heavy (non-hydrogen) atoms. The van der Waals surface area contributed by atoms with Crippen LogP contribution in [0.2, 0.25) is 0 Å². The third kappa shape index (κ3) is 4.40. The summed E-state index contributed by atoms with van der Waals surface area (Å²) in [5.74, 6) is -0.246. The molecular weight excluding hydrogens is 340 g/mol. The minimum Gasteiger partial charge on any atom is -0.379 e. The standard InChI is InChI=1S/C18H28N2O4S/c1-5-18(4,6-2)19-17(21)15-8-7-14(3)16(13-15)25(22,23)20-9-11-24-12-10-20/h7-8,13H,5-6,9-12H2,1-4H3,(H,19,21). The molecule has 0 aliphatic carbocycles. The number of hydrogen-bond donors (Lipinski definition) is 1. The highest BCUT2D eigenvalue weighted by Gasteiger charge is 2.29. The average Bonchev–Trinajstić information content (AvgIpc) is 2.62. The van der Waals surface area contributed by atoms with Gasteiger partial charge in [0.25, 0.3) is 5.91 Å². The van der Waals surface area contributed by atoms with Gasteiger partial charge in [-0.3, -0.25) is 4.79 Å². The van der Waals surface area contributed by atoms with Crippen molar-refractivity contribution in [2.75, 3.05) is 26.3 Å². The maximum atomic E-state index is 12.9. The van der Waals surface area contributed by atoms with E-state index in [4.69, 9.17) is 4.74 Å². The predicted octanol–water partition coefficient (Wildman–Crippen LogP) is 2.32. The van der Waals surface area contributed by atoms with Gasteiger partial charge in [-0.2, -0.15) is 4.31 Å². The zero-order valence-corrected chi connectivity index (χ0v) is 16.3. The zero-order chi connectivity index (χ0) is 18.7. The van der Waals surface area contributed by atoms with Crippen LogP contribution in [0.5, 0.6) is 0 Å². The molecule has 1 heterocycles. The molecule has 1 aliphatic heterocycles. The first-order valence-corrected chi connectivity index (χ1v) is 10.2. The molecule has 0 aromatic heterocycles. The monoisotopic (exact) mass is 368 g/mol. The molecule has 1 aromatic rings. The highest BCUT2D eigenvalue weighted by atomic mass is 32.2. The Morgan fingerprint density at radius 1 is 1.24 bits per heavy atom. The fraction of sp³-hybridized carbons (Fsp3) is 0.611. The first kappa shape index (κ1) is 19.9. The molecule has 1 amide bonds. The molecule has 0 atom stereocenters. The van der Waals surface area contributed by atoms with Gasteiger partial charge in [0.15, 0.2) is 0 Å². The molecule has 0 unspecified atom stereocenters. The maximum absolute atomic E-state index is 12.9. The van der Waals surface area contributed by atoms with Gasteiger partial charge in [0.05, 0.1) is 18.1 Å². The molecule has 0 spiro atoms. The van der Waals surface area contributed by atoms with Gasteiger partial charge in [0, 0.05) is 24.2 Å². The van der Waals surface area contributed by atoms with Crippen LogP contribution in [0.3, 0.4) is 0 Å². The molecule has 1 fully saturated rings. The Morgan fingerprint density at radius 3 is 2.40 bits per heavy atom. The Bertz CT molecular complexity index is 721. The summed E-state index contributed by atoms with van der Waals surface area (Å²) < 4.78 is 32.5. The van der Waals surface area contributed by atoms with Gasteiger partial charge in [-0.15, -0.1) is 0 Å². The lowest BCUT2D eigenvalue weighted by Crippen LogP contribution is -2.45.